The molecule has 1 unspecified atom stereocenters. The van der Waals surface area contributed by atoms with E-state index in [1.165, 1.54) is 20.3 Å². The van der Waals surface area contributed by atoms with Crippen LogP contribution in [0.1, 0.15) is 10.4 Å². The van der Waals surface area contributed by atoms with E-state index in [2.05, 4.69) is 10.6 Å². The number of hydrogen-bond donors (Lipinski definition) is 3. The van der Waals surface area contributed by atoms with E-state index in [1.54, 1.807) is 0 Å². The number of carboxylic acids is 1. The summed E-state index contributed by atoms with van der Waals surface area (Å²) in [6.45, 7) is 0.532. The lowest BCUT2D eigenvalue weighted by molar-refractivity contribution is 0.0307. The van der Waals surface area contributed by atoms with Crippen molar-refractivity contribution < 1.29 is 28.6 Å². The molecule has 1 atom stereocenters. The van der Waals surface area contributed by atoms with E-state index >= 15 is 0 Å². The Kier molecular flexibility index (Phi) is 6.57. The highest BCUT2D eigenvalue weighted by Gasteiger charge is 2.12. The second-order valence-electron chi connectivity index (χ2n) is 4.15. The molecule has 0 heterocycles. The van der Waals surface area contributed by atoms with Gasteiger partial charge in [-0.15, -0.1) is 0 Å². The summed E-state index contributed by atoms with van der Waals surface area (Å²) in [6, 6.07) is 2.76. The summed E-state index contributed by atoms with van der Waals surface area (Å²) in [5.41, 5.74) is -0.309. The summed E-state index contributed by atoms with van der Waals surface area (Å²) in [7, 11) is 3.00. The van der Waals surface area contributed by atoms with Crippen molar-refractivity contribution in [2.24, 2.45) is 0 Å². The van der Waals surface area contributed by atoms with Gasteiger partial charge in [0.1, 0.15) is 5.82 Å². The molecule has 1 aromatic rings. The molecule has 2 amide bonds. The number of nitrogens with one attached hydrogen (secondary N) is 2. The van der Waals surface area contributed by atoms with Crippen LogP contribution in [-0.4, -0.2) is 50.6 Å². The minimum absolute atomic E-state index is 0.149. The molecule has 0 saturated heterocycles. The van der Waals surface area contributed by atoms with E-state index in [4.69, 9.17) is 14.6 Å². The largest absolute Gasteiger partial charge is 0.478 e. The average molecular weight is 300 g/mol. The van der Waals surface area contributed by atoms with Crippen LogP contribution in [0, 0.1) is 5.82 Å². The SMILES string of the molecule is COCC(CNC(=O)Nc1ccc(C(=O)O)c(F)c1)OC. The number of carboxylic acid groups (broad SMARTS) is 1. The number of carbonyl (C=O) groups excluding carboxylic acids is 1. The Hall–Kier alpha value is -2.19. The van der Waals surface area contributed by atoms with Gasteiger partial charge in [-0.2, -0.15) is 0 Å². The molecule has 0 aromatic heterocycles. The van der Waals surface area contributed by atoms with Crippen LogP contribution < -0.4 is 10.6 Å². The standard InChI is InChI=1S/C13H17FN2O5/c1-20-7-9(21-2)6-15-13(19)16-8-3-4-10(12(17)18)11(14)5-8/h3-5,9H,6-7H2,1-2H3,(H,17,18)(H2,15,16,19). The second-order valence-corrected chi connectivity index (χ2v) is 4.15. The zero-order valence-electron chi connectivity index (χ0n) is 11.7. The number of methoxy groups -OCH3 is 2. The van der Waals surface area contributed by atoms with Crippen LogP contribution in [0.3, 0.4) is 0 Å². The maximum atomic E-state index is 13.4. The number of anilines is 1. The molecule has 1 rings (SSSR count). The first kappa shape index (κ1) is 16.9. The molecule has 0 saturated carbocycles. The quantitative estimate of drug-likeness (QED) is 0.705. The number of amides is 2. The van der Waals surface area contributed by atoms with Gasteiger partial charge in [-0.05, 0) is 18.2 Å². The molecule has 0 bridgehead atoms. The Morgan fingerprint density at radius 3 is 2.62 bits per heavy atom. The average Bonchev–Trinajstić information content (AvgIpc) is 2.43. The van der Waals surface area contributed by atoms with E-state index in [0.717, 1.165) is 12.1 Å². The molecule has 0 spiro atoms. The maximum Gasteiger partial charge on any atom is 0.338 e. The predicted molar refractivity (Wildman–Crippen MR) is 73.1 cm³/mol. The summed E-state index contributed by atoms with van der Waals surface area (Å²) in [6.07, 6.45) is -0.299. The highest BCUT2D eigenvalue weighted by Crippen LogP contribution is 2.14. The fourth-order valence-electron chi connectivity index (χ4n) is 1.54. The Labute approximate surface area is 121 Å². The molecular formula is C13H17FN2O5. The summed E-state index contributed by atoms with van der Waals surface area (Å²) in [4.78, 5) is 22.3. The molecule has 0 fully saturated rings. The smallest absolute Gasteiger partial charge is 0.338 e. The summed E-state index contributed by atoms with van der Waals surface area (Å²) in [5, 5.41) is 13.6. The fraction of sp³-hybridized carbons (Fsp3) is 0.385. The van der Waals surface area contributed by atoms with Crippen LogP contribution in [0.4, 0.5) is 14.9 Å². The van der Waals surface area contributed by atoms with Gasteiger partial charge in [0.25, 0.3) is 0 Å². The van der Waals surface area contributed by atoms with Gasteiger partial charge in [0, 0.05) is 26.5 Å². The van der Waals surface area contributed by atoms with E-state index in [-0.39, 0.29) is 18.3 Å². The summed E-state index contributed by atoms with van der Waals surface area (Å²) in [5.74, 6) is -2.29. The van der Waals surface area contributed by atoms with Gasteiger partial charge < -0.3 is 25.2 Å². The highest BCUT2D eigenvalue weighted by molar-refractivity contribution is 5.91. The fourth-order valence-corrected chi connectivity index (χ4v) is 1.54. The molecule has 0 aliphatic rings. The topological polar surface area (TPSA) is 96.9 Å². The molecular weight excluding hydrogens is 283 g/mol. The van der Waals surface area contributed by atoms with Crippen LogP contribution in [0.15, 0.2) is 18.2 Å². The van der Waals surface area contributed by atoms with E-state index in [9.17, 15) is 14.0 Å². The van der Waals surface area contributed by atoms with Crippen molar-refractivity contribution in [3.8, 4) is 0 Å². The Bertz CT molecular complexity index is 509. The van der Waals surface area contributed by atoms with Crippen LogP contribution in [0.25, 0.3) is 0 Å². The third-order valence-electron chi connectivity index (χ3n) is 2.63. The third-order valence-corrected chi connectivity index (χ3v) is 2.63. The van der Waals surface area contributed by atoms with Gasteiger partial charge in [0.2, 0.25) is 0 Å². The molecule has 0 radical (unpaired) electrons. The second kappa shape index (κ2) is 8.18. The van der Waals surface area contributed by atoms with Crippen LogP contribution in [-0.2, 0) is 9.47 Å². The first-order valence-electron chi connectivity index (χ1n) is 6.07. The highest BCUT2D eigenvalue weighted by atomic mass is 19.1. The van der Waals surface area contributed by atoms with Crippen molar-refractivity contribution in [2.45, 2.75) is 6.10 Å². The molecule has 0 aliphatic carbocycles. The van der Waals surface area contributed by atoms with Gasteiger partial charge in [-0.1, -0.05) is 0 Å². The third kappa shape index (κ3) is 5.36. The zero-order chi connectivity index (χ0) is 15.8. The number of benzene rings is 1. The lowest BCUT2D eigenvalue weighted by atomic mass is 10.2. The van der Waals surface area contributed by atoms with Gasteiger partial charge in [0.05, 0.1) is 18.3 Å². The van der Waals surface area contributed by atoms with Gasteiger partial charge in [-0.3, -0.25) is 0 Å². The van der Waals surface area contributed by atoms with Gasteiger partial charge in [-0.25, -0.2) is 14.0 Å². The van der Waals surface area contributed by atoms with Crippen molar-refractivity contribution in [1.82, 2.24) is 5.32 Å². The molecule has 21 heavy (non-hydrogen) atoms. The molecule has 1 aromatic carbocycles. The normalized spacial score (nSPS) is 11.8. The van der Waals surface area contributed by atoms with Crippen molar-refractivity contribution in [2.75, 3.05) is 32.7 Å². The van der Waals surface area contributed by atoms with Crippen molar-refractivity contribution >= 4 is 17.7 Å². The lowest BCUT2D eigenvalue weighted by Crippen LogP contribution is -2.38. The van der Waals surface area contributed by atoms with E-state index < -0.39 is 23.4 Å². The van der Waals surface area contributed by atoms with Crippen LogP contribution >= 0.6 is 0 Å². The predicted octanol–water partition coefficient (Wildman–Crippen LogP) is 1.31. The van der Waals surface area contributed by atoms with Crippen LogP contribution in [0.5, 0.6) is 0 Å². The minimum Gasteiger partial charge on any atom is -0.478 e. The first-order valence-corrected chi connectivity index (χ1v) is 6.07. The Balaban J connectivity index is 2.55. The maximum absolute atomic E-state index is 13.4. The monoisotopic (exact) mass is 300 g/mol. The van der Waals surface area contributed by atoms with Gasteiger partial charge in [0.15, 0.2) is 0 Å². The number of ether oxygens (including phenoxy) is 2. The van der Waals surface area contributed by atoms with Crippen molar-refractivity contribution in [3.05, 3.63) is 29.6 Å². The molecule has 7 nitrogen and oxygen atoms in total. The number of urea groups is 1. The number of halogens is 1. The Morgan fingerprint density at radius 1 is 1.38 bits per heavy atom. The Morgan fingerprint density at radius 2 is 2.10 bits per heavy atom. The van der Waals surface area contributed by atoms with Gasteiger partial charge >= 0.3 is 12.0 Å². The minimum atomic E-state index is -1.37. The van der Waals surface area contributed by atoms with Crippen molar-refractivity contribution in [3.63, 3.8) is 0 Å². The number of rotatable bonds is 7. The number of aromatic carboxylic acids is 1. The molecule has 0 aliphatic heterocycles. The lowest BCUT2D eigenvalue weighted by Gasteiger charge is -2.15. The molecule has 8 heteroatoms. The zero-order valence-corrected chi connectivity index (χ0v) is 11.7. The summed E-state index contributed by atoms with van der Waals surface area (Å²) < 4.78 is 23.4. The van der Waals surface area contributed by atoms with E-state index in [1.807, 2.05) is 0 Å². The molecule has 116 valence electrons. The number of carbonyl (C=O) groups is 2. The van der Waals surface area contributed by atoms with Crippen molar-refractivity contribution in [1.29, 1.82) is 0 Å². The first-order chi connectivity index (χ1) is 9.97. The van der Waals surface area contributed by atoms with Crippen LogP contribution in [0.2, 0.25) is 0 Å². The molecule has 3 N–H and O–H groups in total. The van der Waals surface area contributed by atoms with E-state index in [0.29, 0.717) is 6.61 Å². The number of hydrogen-bond acceptors (Lipinski definition) is 4. The summed E-state index contributed by atoms with van der Waals surface area (Å²) >= 11 is 0.